The summed E-state index contributed by atoms with van der Waals surface area (Å²) in [7, 11) is 1.66. The fourth-order valence-corrected chi connectivity index (χ4v) is 1.79. The predicted molar refractivity (Wildman–Crippen MR) is 73.7 cm³/mol. The molecule has 3 N–H and O–H groups in total. The molecule has 0 fully saturated rings. The van der Waals surface area contributed by atoms with Crippen LogP contribution < -0.4 is 15.8 Å². The highest BCUT2D eigenvalue weighted by molar-refractivity contribution is 5.50. The van der Waals surface area contributed by atoms with Crippen molar-refractivity contribution in [2.75, 3.05) is 18.2 Å². The van der Waals surface area contributed by atoms with E-state index in [0.717, 1.165) is 28.4 Å². The summed E-state index contributed by atoms with van der Waals surface area (Å²) in [6.45, 7) is 2.63. The van der Waals surface area contributed by atoms with Crippen molar-refractivity contribution in [2.24, 2.45) is 0 Å². The quantitative estimate of drug-likeness (QED) is 0.810. The van der Waals surface area contributed by atoms with Gasteiger partial charge in [-0.15, -0.1) is 0 Å². The first-order valence-electron chi connectivity index (χ1n) is 5.78. The number of pyridine rings is 1. The summed E-state index contributed by atoms with van der Waals surface area (Å²) in [5, 5.41) is 3.33. The summed E-state index contributed by atoms with van der Waals surface area (Å²) in [5.41, 5.74) is 9.57. The Kier molecular flexibility index (Phi) is 3.67. The van der Waals surface area contributed by atoms with E-state index in [1.807, 2.05) is 37.3 Å². The van der Waals surface area contributed by atoms with E-state index >= 15 is 0 Å². The van der Waals surface area contributed by atoms with Gasteiger partial charge in [-0.25, -0.2) is 0 Å². The molecule has 2 rings (SSSR count). The number of methoxy groups -OCH3 is 1. The number of aryl methyl sites for hydroxylation is 1. The first-order valence-corrected chi connectivity index (χ1v) is 5.78. The van der Waals surface area contributed by atoms with Gasteiger partial charge < -0.3 is 15.8 Å². The molecule has 0 aliphatic carbocycles. The van der Waals surface area contributed by atoms with Crippen LogP contribution in [0.5, 0.6) is 5.75 Å². The zero-order valence-electron chi connectivity index (χ0n) is 10.6. The van der Waals surface area contributed by atoms with Crippen LogP contribution in [0.25, 0.3) is 0 Å². The molecule has 2 aromatic rings. The Hall–Kier alpha value is -2.23. The average molecular weight is 243 g/mol. The van der Waals surface area contributed by atoms with Gasteiger partial charge in [0.15, 0.2) is 0 Å². The lowest BCUT2D eigenvalue weighted by atomic mass is 10.1. The number of nitrogens with two attached hydrogens (primary N) is 1. The molecular formula is C14H17N3O. The van der Waals surface area contributed by atoms with Crippen LogP contribution in [0, 0.1) is 6.92 Å². The van der Waals surface area contributed by atoms with Crippen LogP contribution in [0.3, 0.4) is 0 Å². The SMILES string of the molecule is COc1ccc(N)cc1CNc1ccnc(C)c1. The van der Waals surface area contributed by atoms with Crippen molar-refractivity contribution < 1.29 is 4.74 Å². The van der Waals surface area contributed by atoms with E-state index in [4.69, 9.17) is 10.5 Å². The number of rotatable bonds is 4. The lowest BCUT2D eigenvalue weighted by molar-refractivity contribution is 0.410. The molecule has 0 unspecified atom stereocenters. The predicted octanol–water partition coefficient (Wildman–Crippen LogP) is 2.59. The summed E-state index contributed by atoms with van der Waals surface area (Å²) in [6.07, 6.45) is 1.79. The van der Waals surface area contributed by atoms with Crippen molar-refractivity contribution in [3.63, 3.8) is 0 Å². The topological polar surface area (TPSA) is 60.2 Å². The van der Waals surface area contributed by atoms with Gasteiger partial charge in [0, 0.05) is 35.4 Å². The Balaban J connectivity index is 2.12. The average Bonchev–Trinajstić information content (AvgIpc) is 2.37. The molecule has 0 saturated carbocycles. The number of hydrogen-bond donors (Lipinski definition) is 2. The minimum Gasteiger partial charge on any atom is -0.496 e. The van der Waals surface area contributed by atoms with E-state index in [1.54, 1.807) is 13.3 Å². The molecule has 0 radical (unpaired) electrons. The van der Waals surface area contributed by atoms with E-state index in [0.29, 0.717) is 6.54 Å². The summed E-state index contributed by atoms with van der Waals surface area (Å²) in [4.78, 5) is 4.16. The minimum absolute atomic E-state index is 0.664. The summed E-state index contributed by atoms with van der Waals surface area (Å²) < 4.78 is 5.30. The van der Waals surface area contributed by atoms with Crippen LogP contribution in [0.1, 0.15) is 11.3 Å². The van der Waals surface area contributed by atoms with Crippen molar-refractivity contribution in [1.82, 2.24) is 4.98 Å². The van der Waals surface area contributed by atoms with Gasteiger partial charge in [0.25, 0.3) is 0 Å². The molecule has 18 heavy (non-hydrogen) atoms. The van der Waals surface area contributed by atoms with Gasteiger partial charge in [0.1, 0.15) is 5.75 Å². The largest absolute Gasteiger partial charge is 0.496 e. The van der Waals surface area contributed by atoms with Crippen LogP contribution in [0.15, 0.2) is 36.5 Å². The smallest absolute Gasteiger partial charge is 0.123 e. The molecule has 0 atom stereocenters. The zero-order valence-corrected chi connectivity index (χ0v) is 10.6. The Morgan fingerprint density at radius 1 is 1.28 bits per heavy atom. The second-order valence-electron chi connectivity index (χ2n) is 4.11. The molecule has 4 nitrogen and oxygen atoms in total. The molecular weight excluding hydrogens is 226 g/mol. The zero-order chi connectivity index (χ0) is 13.0. The maximum Gasteiger partial charge on any atom is 0.123 e. The van der Waals surface area contributed by atoms with Gasteiger partial charge >= 0.3 is 0 Å². The second-order valence-corrected chi connectivity index (χ2v) is 4.11. The van der Waals surface area contributed by atoms with Crippen LogP contribution in [-0.2, 0) is 6.54 Å². The summed E-state index contributed by atoms with van der Waals surface area (Å²) >= 11 is 0. The van der Waals surface area contributed by atoms with E-state index < -0.39 is 0 Å². The first-order chi connectivity index (χ1) is 8.69. The van der Waals surface area contributed by atoms with Crippen molar-refractivity contribution in [3.8, 4) is 5.75 Å². The number of ether oxygens (including phenoxy) is 1. The van der Waals surface area contributed by atoms with Crippen molar-refractivity contribution in [3.05, 3.63) is 47.8 Å². The van der Waals surface area contributed by atoms with E-state index in [-0.39, 0.29) is 0 Å². The Bertz CT molecular complexity index is 540. The Labute approximate surface area is 107 Å². The van der Waals surface area contributed by atoms with Gasteiger partial charge in [-0.2, -0.15) is 0 Å². The Morgan fingerprint density at radius 2 is 2.11 bits per heavy atom. The molecule has 94 valence electrons. The monoisotopic (exact) mass is 243 g/mol. The maximum atomic E-state index is 5.78. The van der Waals surface area contributed by atoms with Crippen LogP contribution in [0.2, 0.25) is 0 Å². The van der Waals surface area contributed by atoms with E-state index in [2.05, 4.69) is 10.3 Å². The fourth-order valence-electron chi connectivity index (χ4n) is 1.79. The van der Waals surface area contributed by atoms with Gasteiger partial charge in [-0.1, -0.05) is 0 Å². The van der Waals surface area contributed by atoms with E-state index in [9.17, 15) is 0 Å². The van der Waals surface area contributed by atoms with Gasteiger partial charge in [0.2, 0.25) is 0 Å². The van der Waals surface area contributed by atoms with Gasteiger partial charge in [0.05, 0.1) is 7.11 Å². The third-order valence-electron chi connectivity index (χ3n) is 2.68. The highest BCUT2D eigenvalue weighted by atomic mass is 16.5. The van der Waals surface area contributed by atoms with Gasteiger partial charge in [-0.3, -0.25) is 4.98 Å². The number of anilines is 2. The van der Waals surface area contributed by atoms with Crippen molar-refractivity contribution in [2.45, 2.75) is 13.5 Å². The first kappa shape index (κ1) is 12.2. The second kappa shape index (κ2) is 5.40. The summed E-state index contributed by atoms with van der Waals surface area (Å²) in [6, 6.07) is 9.56. The number of nitrogens with zero attached hydrogens (tertiary/aromatic N) is 1. The minimum atomic E-state index is 0.664. The van der Waals surface area contributed by atoms with Crippen LogP contribution in [0.4, 0.5) is 11.4 Å². The standard InChI is InChI=1S/C14H17N3O/c1-10-7-13(5-6-16-10)17-9-11-8-12(15)3-4-14(11)18-2/h3-8H,9,15H2,1-2H3,(H,16,17). The van der Waals surface area contributed by atoms with Crippen LogP contribution >= 0.6 is 0 Å². The number of aromatic nitrogens is 1. The molecule has 1 aromatic heterocycles. The highest BCUT2D eigenvalue weighted by Crippen LogP contribution is 2.22. The number of hydrogen-bond acceptors (Lipinski definition) is 4. The van der Waals surface area contributed by atoms with Crippen molar-refractivity contribution in [1.29, 1.82) is 0 Å². The van der Waals surface area contributed by atoms with E-state index in [1.165, 1.54) is 0 Å². The molecule has 0 amide bonds. The Morgan fingerprint density at radius 3 is 2.83 bits per heavy atom. The molecule has 0 bridgehead atoms. The third kappa shape index (κ3) is 2.91. The molecule has 1 heterocycles. The van der Waals surface area contributed by atoms with Crippen LogP contribution in [-0.4, -0.2) is 12.1 Å². The molecule has 1 aromatic carbocycles. The lowest BCUT2D eigenvalue weighted by Gasteiger charge is -2.11. The third-order valence-corrected chi connectivity index (χ3v) is 2.68. The normalized spacial score (nSPS) is 10.1. The molecule has 0 saturated heterocycles. The highest BCUT2D eigenvalue weighted by Gasteiger charge is 2.03. The molecule has 0 spiro atoms. The lowest BCUT2D eigenvalue weighted by Crippen LogP contribution is -2.03. The maximum absolute atomic E-state index is 5.78. The fraction of sp³-hybridized carbons (Fsp3) is 0.214. The van der Waals surface area contributed by atoms with Gasteiger partial charge in [-0.05, 0) is 37.3 Å². The molecule has 0 aliphatic rings. The number of nitrogens with one attached hydrogen (secondary N) is 1. The summed E-state index contributed by atoms with van der Waals surface area (Å²) in [5.74, 6) is 0.836. The van der Waals surface area contributed by atoms with Crippen molar-refractivity contribution >= 4 is 11.4 Å². The number of benzene rings is 1. The molecule has 0 aliphatic heterocycles. The molecule has 4 heteroatoms. The number of nitrogen functional groups attached to an aromatic ring is 1.